The molecule has 0 spiro atoms. The summed E-state index contributed by atoms with van der Waals surface area (Å²) in [6.45, 7) is 1.87. The van der Waals surface area contributed by atoms with E-state index in [1.807, 2.05) is 6.92 Å². The van der Waals surface area contributed by atoms with E-state index in [1.165, 1.54) is 23.5 Å². The van der Waals surface area contributed by atoms with Crippen molar-refractivity contribution in [3.8, 4) is 17.1 Å². The van der Waals surface area contributed by atoms with E-state index in [0.29, 0.717) is 42.8 Å². The van der Waals surface area contributed by atoms with Crippen molar-refractivity contribution < 1.29 is 36.6 Å². The SMILES string of the molecule is Cc1ccc(S(=O)(=O)NC23CCC(O)(C2)C3)cc1-c1cnc(N)c(-n2cncn2)n1.O=C(O)C(F)(F)F. The van der Waals surface area contributed by atoms with E-state index in [2.05, 4.69) is 24.8 Å². The first kappa shape index (κ1) is 26.4. The summed E-state index contributed by atoms with van der Waals surface area (Å²) < 4.78 is 62.1. The van der Waals surface area contributed by atoms with Gasteiger partial charge in [-0.05, 0) is 50.3 Å². The van der Waals surface area contributed by atoms with Crippen molar-refractivity contribution in [2.24, 2.45) is 0 Å². The molecule has 16 heteroatoms. The summed E-state index contributed by atoms with van der Waals surface area (Å²) >= 11 is 0. The number of carboxylic acid groups (broad SMARTS) is 1. The minimum atomic E-state index is -5.08. The molecule has 12 nitrogen and oxygen atoms in total. The summed E-state index contributed by atoms with van der Waals surface area (Å²) in [5, 5.41) is 21.3. The van der Waals surface area contributed by atoms with E-state index in [4.69, 9.17) is 15.6 Å². The van der Waals surface area contributed by atoms with E-state index in [9.17, 15) is 26.7 Å². The number of halogens is 3. The Labute approximate surface area is 208 Å². The van der Waals surface area contributed by atoms with Crippen molar-refractivity contribution in [1.29, 1.82) is 0 Å². The second-order valence-electron chi connectivity index (χ2n) is 9.05. The van der Waals surface area contributed by atoms with E-state index in [1.54, 1.807) is 18.2 Å². The standard InChI is InChI=1S/C19H21N7O3S.C2HF3O2/c1-12-2-3-13(30(28,29)25-18-4-5-19(27,8-18)9-18)6-14(12)15-7-22-16(20)17(24-15)26-11-21-10-23-26;3-2(4,5)1(6)7/h2-3,6-7,10-11,25,27H,4-5,8-9H2,1H3,(H2,20,22);(H,6,7). The number of hydrogen-bond acceptors (Lipinski definition) is 9. The predicted molar refractivity (Wildman–Crippen MR) is 122 cm³/mol. The summed E-state index contributed by atoms with van der Waals surface area (Å²) in [5.74, 6) is -2.26. The molecule has 3 fully saturated rings. The number of nitrogens with one attached hydrogen (secondary N) is 1. The van der Waals surface area contributed by atoms with Crippen LogP contribution in [0.15, 0.2) is 41.9 Å². The number of rotatable bonds is 5. The molecule has 0 atom stereocenters. The normalized spacial score (nSPS) is 22.6. The summed E-state index contributed by atoms with van der Waals surface area (Å²) in [4.78, 5) is 21.6. The number of benzene rings is 1. The first-order valence-corrected chi connectivity index (χ1v) is 12.3. The number of carbonyl (C=O) groups is 1. The number of hydrogen-bond donors (Lipinski definition) is 4. The lowest BCUT2D eigenvalue weighted by molar-refractivity contribution is -0.192. The minimum Gasteiger partial charge on any atom is -0.475 e. The Balaban J connectivity index is 0.000000405. The van der Waals surface area contributed by atoms with E-state index >= 15 is 0 Å². The van der Waals surface area contributed by atoms with Crippen LogP contribution in [0.2, 0.25) is 0 Å². The van der Waals surface area contributed by atoms with Crippen molar-refractivity contribution in [1.82, 2.24) is 29.5 Å². The molecule has 2 heterocycles. The predicted octanol–water partition coefficient (Wildman–Crippen LogP) is 1.58. The summed E-state index contributed by atoms with van der Waals surface area (Å²) in [6, 6.07) is 4.89. The maximum absolute atomic E-state index is 13.1. The summed E-state index contributed by atoms with van der Waals surface area (Å²) in [7, 11) is -3.76. The Kier molecular flexibility index (Phi) is 6.46. The van der Waals surface area contributed by atoms with Gasteiger partial charge in [0.05, 0.1) is 22.4 Å². The number of aryl methyl sites for hydroxylation is 1. The monoisotopic (exact) mass is 541 g/mol. The number of nitrogens with zero attached hydrogens (tertiary/aromatic N) is 5. The Morgan fingerprint density at radius 3 is 2.46 bits per heavy atom. The van der Waals surface area contributed by atoms with Crippen molar-refractivity contribution in [2.45, 2.75) is 54.8 Å². The van der Waals surface area contributed by atoms with Gasteiger partial charge in [-0.1, -0.05) is 6.07 Å². The molecule has 0 saturated heterocycles. The van der Waals surface area contributed by atoms with Crippen LogP contribution in [0.5, 0.6) is 0 Å². The molecule has 2 aromatic heterocycles. The van der Waals surface area contributed by atoms with Gasteiger partial charge in [-0.25, -0.2) is 32.9 Å². The molecule has 3 aliphatic rings. The fourth-order valence-corrected chi connectivity index (χ4v) is 6.00. The number of aliphatic carboxylic acids is 1. The van der Waals surface area contributed by atoms with Gasteiger partial charge in [0.25, 0.3) is 0 Å². The van der Waals surface area contributed by atoms with Gasteiger partial charge in [0.2, 0.25) is 10.0 Å². The number of alkyl halides is 3. The third-order valence-corrected chi connectivity index (χ3v) is 7.79. The van der Waals surface area contributed by atoms with Gasteiger partial charge >= 0.3 is 12.1 Å². The molecule has 0 amide bonds. The smallest absolute Gasteiger partial charge is 0.475 e. The number of nitrogen functional groups attached to an aromatic ring is 1. The summed E-state index contributed by atoms with van der Waals surface area (Å²) in [6.07, 6.45) is 1.44. The molecule has 3 aromatic rings. The van der Waals surface area contributed by atoms with Gasteiger partial charge in [0, 0.05) is 11.1 Å². The maximum atomic E-state index is 13.1. The van der Waals surface area contributed by atoms with Crippen molar-refractivity contribution in [3.05, 3.63) is 42.6 Å². The molecule has 2 bridgehead atoms. The van der Waals surface area contributed by atoms with E-state index in [0.717, 1.165) is 5.56 Å². The van der Waals surface area contributed by atoms with Gasteiger partial charge in [0.15, 0.2) is 11.6 Å². The van der Waals surface area contributed by atoms with Crippen molar-refractivity contribution in [2.75, 3.05) is 5.73 Å². The highest BCUT2D eigenvalue weighted by molar-refractivity contribution is 7.89. The number of anilines is 1. The van der Waals surface area contributed by atoms with Crippen LogP contribution >= 0.6 is 0 Å². The number of sulfonamides is 1. The molecule has 6 rings (SSSR count). The van der Waals surface area contributed by atoms with Crippen LogP contribution < -0.4 is 10.5 Å². The fraction of sp³-hybridized carbons (Fsp3) is 0.381. The lowest BCUT2D eigenvalue weighted by Crippen LogP contribution is -2.58. The Morgan fingerprint density at radius 1 is 1.24 bits per heavy atom. The average Bonchev–Trinajstić information content (AvgIpc) is 3.49. The lowest BCUT2D eigenvalue weighted by Gasteiger charge is -2.44. The molecule has 0 aliphatic heterocycles. The third kappa shape index (κ3) is 5.40. The highest BCUT2D eigenvalue weighted by atomic mass is 32.2. The van der Waals surface area contributed by atoms with Crippen molar-refractivity contribution in [3.63, 3.8) is 0 Å². The second kappa shape index (κ2) is 9.04. The zero-order valence-corrected chi connectivity index (χ0v) is 20.1. The number of fused-ring (bicyclic) bond motifs is 1. The molecule has 1 aromatic carbocycles. The molecular formula is C21H22F3N7O5S. The largest absolute Gasteiger partial charge is 0.490 e. The van der Waals surface area contributed by atoms with Crippen LogP contribution in [0.4, 0.5) is 19.0 Å². The van der Waals surface area contributed by atoms with Crippen LogP contribution in [0.1, 0.15) is 31.2 Å². The Morgan fingerprint density at radius 2 is 1.92 bits per heavy atom. The molecule has 198 valence electrons. The topological polar surface area (TPSA) is 186 Å². The van der Waals surface area contributed by atoms with Gasteiger partial charge in [0.1, 0.15) is 12.7 Å². The van der Waals surface area contributed by atoms with Crippen LogP contribution in [0.3, 0.4) is 0 Å². The van der Waals surface area contributed by atoms with Gasteiger partial charge in [-0.3, -0.25) is 0 Å². The molecule has 0 radical (unpaired) electrons. The van der Waals surface area contributed by atoms with E-state index in [-0.39, 0.29) is 10.7 Å². The quantitative estimate of drug-likeness (QED) is 0.369. The van der Waals surface area contributed by atoms with Crippen LogP contribution in [0, 0.1) is 6.92 Å². The lowest BCUT2D eigenvalue weighted by atomic mass is 9.74. The van der Waals surface area contributed by atoms with Crippen LogP contribution in [-0.4, -0.2) is 66.6 Å². The first-order valence-electron chi connectivity index (χ1n) is 10.8. The molecule has 0 unspecified atom stereocenters. The highest BCUT2D eigenvalue weighted by Gasteiger charge is 2.61. The third-order valence-electron chi connectivity index (χ3n) is 6.21. The average molecular weight is 542 g/mol. The van der Waals surface area contributed by atoms with Crippen molar-refractivity contribution >= 4 is 21.8 Å². The zero-order valence-electron chi connectivity index (χ0n) is 19.3. The fourth-order valence-electron chi connectivity index (χ4n) is 4.55. The molecule has 37 heavy (non-hydrogen) atoms. The first-order chi connectivity index (χ1) is 17.1. The zero-order chi connectivity index (χ0) is 27.2. The van der Waals surface area contributed by atoms with Gasteiger partial charge < -0.3 is 15.9 Å². The number of aromatic nitrogens is 5. The van der Waals surface area contributed by atoms with E-state index < -0.39 is 33.3 Å². The minimum absolute atomic E-state index is 0.140. The summed E-state index contributed by atoms with van der Waals surface area (Å²) in [5.41, 5.74) is 6.62. The molecule has 3 aliphatic carbocycles. The maximum Gasteiger partial charge on any atom is 0.490 e. The highest BCUT2D eigenvalue weighted by Crippen LogP contribution is 2.55. The van der Waals surface area contributed by atoms with Crippen LogP contribution in [0.25, 0.3) is 17.1 Å². The number of nitrogens with two attached hydrogens (primary N) is 1. The van der Waals surface area contributed by atoms with Crippen LogP contribution in [-0.2, 0) is 14.8 Å². The van der Waals surface area contributed by atoms with Gasteiger partial charge in [-0.15, -0.1) is 0 Å². The van der Waals surface area contributed by atoms with Gasteiger partial charge in [-0.2, -0.15) is 23.0 Å². The molecule has 5 N–H and O–H groups in total. The number of aliphatic hydroxyl groups is 1. The molecule has 3 saturated carbocycles. The Bertz CT molecular complexity index is 1440. The molecular weight excluding hydrogens is 519 g/mol. The second-order valence-corrected chi connectivity index (χ2v) is 10.7. The number of carboxylic acids is 1. The Hall–Kier alpha value is -3.63.